The van der Waals surface area contributed by atoms with Gasteiger partial charge in [0, 0.05) is 18.1 Å². The molecule has 0 aromatic heterocycles. The second-order valence-electron chi connectivity index (χ2n) is 13.8. The zero-order valence-corrected chi connectivity index (χ0v) is 31.2. The van der Waals surface area contributed by atoms with Gasteiger partial charge in [-0.3, -0.25) is 13.9 Å². The van der Waals surface area contributed by atoms with Crippen LogP contribution in [-0.4, -0.2) is 62.5 Å². The predicted molar refractivity (Wildman–Crippen MR) is 200 cm³/mol. The molecule has 0 spiro atoms. The van der Waals surface area contributed by atoms with E-state index < -0.39 is 45.1 Å². The lowest BCUT2D eigenvalue weighted by Gasteiger charge is -2.31. The number of carbonyl (C=O) groups excluding carboxylic acids is 3. The fourth-order valence-electron chi connectivity index (χ4n) is 6.56. The van der Waals surface area contributed by atoms with Crippen LogP contribution in [0, 0.1) is 5.41 Å². The molecule has 1 aliphatic carbocycles. The Morgan fingerprint density at radius 2 is 1.73 bits per heavy atom. The maximum atomic E-state index is 14.2. The van der Waals surface area contributed by atoms with Crippen LogP contribution in [0.5, 0.6) is 0 Å². The number of anilines is 1. The van der Waals surface area contributed by atoms with E-state index in [0.717, 1.165) is 15.4 Å². The fraction of sp³-hybridized carbons (Fsp3) is 0.342. The molecule has 0 radical (unpaired) electrons. The first-order chi connectivity index (χ1) is 24.1. The summed E-state index contributed by atoms with van der Waals surface area (Å²) in [6.07, 6.45) is 3.79. The fourth-order valence-corrected chi connectivity index (χ4v) is 8.35. The first-order valence-corrected chi connectivity index (χ1v) is 18.8. The molecule has 3 atom stereocenters. The van der Waals surface area contributed by atoms with E-state index in [1.54, 1.807) is 56.0 Å². The number of hydrogen-bond acceptors (Lipinski definition) is 6. The van der Waals surface area contributed by atoms with E-state index in [1.807, 2.05) is 24.3 Å². The van der Waals surface area contributed by atoms with E-state index in [0.29, 0.717) is 36.5 Å². The Labute approximate surface area is 309 Å². The molecule has 1 aliphatic heterocycles. The van der Waals surface area contributed by atoms with Crippen LogP contribution in [0.4, 0.5) is 10.5 Å². The van der Waals surface area contributed by atoms with Gasteiger partial charge in [-0.05, 0) is 93.6 Å². The molecule has 1 unspecified atom stereocenters. The van der Waals surface area contributed by atoms with Crippen LogP contribution in [-0.2, 0) is 26.0 Å². The van der Waals surface area contributed by atoms with Gasteiger partial charge in [-0.25, -0.2) is 13.2 Å². The molecule has 2 N–H and O–H groups in total. The first kappa shape index (κ1) is 37.9. The minimum absolute atomic E-state index is 0.0291. The lowest BCUT2D eigenvalue weighted by molar-refractivity contribution is -0.131. The summed E-state index contributed by atoms with van der Waals surface area (Å²) in [4.78, 5) is 42.4. The Morgan fingerprint density at radius 1 is 1.02 bits per heavy atom. The van der Waals surface area contributed by atoms with Gasteiger partial charge in [0.1, 0.15) is 5.60 Å². The molecular weight excluding hydrogens is 711 g/mol. The number of nitrogens with zero attached hydrogens (tertiary/aromatic N) is 2. The van der Waals surface area contributed by atoms with E-state index in [-0.39, 0.29) is 34.5 Å². The van der Waals surface area contributed by atoms with Crippen LogP contribution in [0.15, 0.2) is 96.9 Å². The molecule has 0 saturated carbocycles. The topological polar surface area (TPSA) is 125 Å². The minimum atomic E-state index is -4.16. The molecule has 1 saturated heterocycles. The van der Waals surface area contributed by atoms with Gasteiger partial charge in [0.2, 0.25) is 5.91 Å². The molecule has 1 heterocycles. The molecule has 5 rings (SSSR count). The standard InChI is InChI=1S/C38H42Cl2N4O6S/c1-6-18-38(19-21-43(24-38)36(47)50-37(3,4)5)35(46)42-33-29-11-9-8-10-25(29)22-32(33)41-34(45)30-23-28(16-17-31(30)40)51(48,49)44(20-7-2)27-14-12-26(39)13-15-27/h6-17,23,32-33H,1-2,18-22,24H2,3-5H3,(H,41,45)(H,42,46)/t32-,33-,38?/m1/s1. The molecule has 0 bridgehead atoms. The molecule has 13 heteroatoms. The Hall–Kier alpha value is -4.32. The number of carbonyl (C=O) groups is 3. The van der Waals surface area contributed by atoms with E-state index in [2.05, 4.69) is 23.8 Å². The number of likely N-dealkylation sites (tertiary alicyclic amines) is 1. The third-order valence-electron chi connectivity index (χ3n) is 9.04. The molecule has 51 heavy (non-hydrogen) atoms. The smallest absolute Gasteiger partial charge is 0.410 e. The zero-order valence-electron chi connectivity index (χ0n) is 28.8. The summed E-state index contributed by atoms with van der Waals surface area (Å²) >= 11 is 12.5. The van der Waals surface area contributed by atoms with Gasteiger partial charge in [-0.15, -0.1) is 13.2 Å². The van der Waals surface area contributed by atoms with Crippen molar-refractivity contribution in [2.24, 2.45) is 5.41 Å². The van der Waals surface area contributed by atoms with Crippen molar-refractivity contribution in [3.05, 3.63) is 119 Å². The minimum Gasteiger partial charge on any atom is -0.444 e. The maximum absolute atomic E-state index is 14.2. The van der Waals surface area contributed by atoms with Crippen molar-refractivity contribution in [1.82, 2.24) is 15.5 Å². The molecule has 1 fully saturated rings. The molecule has 270 valence electrons. The summed E-state index contributed by atoms with van der Waals surface area (Å²) < 4.78 is 34.5. The van der Waals surface area contributed by atoms with Gasteiger partial charge in [0.25, 0.3) is 15.9 Å². The molecule has 2 aliphatic rings. The highest BCUT2D eigenvalue weighted by Gasteiger charge is 2.48. The van der Waals surface area contributed by atoms with Crippen LogP contribution < -0.4 is 14.9 Å². The Morgan fingerprint density at radius 3 is 2.39 bits per heavy atom. The summed E-state index contributed by atoms with van der Waals surface area (Å²) in [5, 5.41) is 6.71. The number of hydrogen-bond donors (Lipinski definition) is 2. The highest BCUT2D eigenvalue weighted by Crippen LogP contribution is 2.39. The van der Waals surface area contributed by atoms with E-state index >= 15 is 0 Å². The Bertz CT molecular complexity index is 1950. The second-order valence-corrected chi connectivity index (χ2v) is 16.5. The van der Waals surface area contributed by atoms with Gasteiger partial charge in [-0.2, -0.15) is 0 Å². The summed E-state index contributed by atoms with van der Waals surface area (Å²) in [5.74, 6) is -0.876. The summed E-state index contributed by atoms with van der Waals surface area (Å²) in [7, 11) is -4.16. The van der Waals surface area contributed by atoms with E-state index in [9.17, 15) is 22.8 Å². The van der Waals surface area contributed by atoms with Crippen molar-refractivity contribution < 1.29 is 27.5 Å². The highest BCUT2D eigenvalue weighted by atomic mass is 35.5. The largest absolute Gasteiger partial charge is 0.444 e. The molecule has 3 amide bonds. The van der Waals surface area contributed by atoms with Crippen molar-refractivity contribution >= 4 is 56.8 Å². The number of ether oxygens (including phenoxy) is 1. The third kappa shape index (κ3) is 8.27. The number of halogens is 2. The van der Waals surface area contributed by atoms with Crippen LogP contribution in [0.1, 0.15) is 61.1 Å². The van der Waals surface area contributed by atoms with Gasteiger partial charge >= 0.3 is 6.09 Å². The molecular formula is C38H42Cl2N4O6S. The summed E-state index contributed by atoms with van der Waals surface area (Å²) in [5.41, 5.74) is 0.484. The van der Waals surface area contributed by atoms with Crippen LogP contribution in [0.3, 0.4) is 0 Å². The molecule has 3 aromatic carbocycles. The number of fused-ring (bicyclic) bond motifs is 1. The number of allylic oxidation sites excluding steroid dienone is 1. The monoisotopic (exact) mass is 752 g/mol. The van der Waals surface area contributed by atoms with Crippen molar-refractivity contribution in [3.63, 3.8) is 0 Å². The SMILES string of the molecule is C=CCN(c1ccc(Cl)cc1)S(=O)(=O)c1ccc(Cl)c(C(=O)N[C@@H]2Cc3ccccc3[C@H]2NC(=O)C2(CC=C)CCN(C(=O)OC(C)(C)C)C2)c1. The van der Waals surface area contributed by atoms with E-state index in [4.69, 9.17) is 27.9 Å². The van der Waals surface area contributed by atoms with Crippen LogP contribution in [0.25, 0.3) is 0 Å². The zero-order chi connectivity index (χ0) is 37.1. The van der Waals surface area contributed by atoms with Crippen molar-refractivity contribution in [2.75, 3.05) is 23.9 Å². The van der Waals surface area contributed by atoms with Crippen LogP contribution >= 0.6 is 23.2 Å². The Kier molecular flexibility index (Phi) is 11.2. The molecule has 10 nitrogen and oxygen atoms in total. The van der Waals surface area contributed by atoms with Crippen LogP contribution in [0.2, 0.25) is 10.0 Å². The van der Waals surface area contributed by atoms with Gasteiger partial charge in [-0.1, -0.05) is 59.6 Å². The lowest BCUT2D eigenvalue weighted by atomic mass is 9.82. The summed E-state index contributed by atoms with van der Waals surface area (Å²) in [6.45, 7) is 13.4. The summed E-state index contributed by atoms with van der Waals surface area (Å²) in [6, 6.07) is 16.7. The lowest BCUT2D eigenvalue weighted by Crippen LogP contribution is -2.50. The van der Waals surface area contributed by atoms with Crippen molar-refractivity contribution in [1.29, 1.82) is 0 Å². The Balaban J connectivity index is 1.40. The number of nitrogens with one attached hydrogen (secondary N) is 2. The quantitative estimate of drug-likeness (QED) is 0.202. The maximum Gasteiger partial charge on any atom is 0.410 e. The van der Waals surface area contributed by atoms with Gasteiger partial charge < -0.3 is 20.3 Å². The second kappa shape index (κ2) is 15.1. The first-order valence-electron chi connectivity index (χ1n) is 16.6. The predicted octanol–water partition coefficient (Wildman–Crippen LogP) is 7.09. The van der Waals surface area contributed by atoms with Crippen molar-refractivity contribution in [3.8, 4) is 0 Å². The van der Waals surface area contributed by atoms with Gasteiger partial charge in [0.15, 0.2) is 0 Å². The number of amides is 3. The van der Waals surface area contributed by atoms with E-state index in [1.165, 1.54) is 24.3 Å². The number of sulfonamides is 1. The number of rotatable bonds is 11. The molecule has 3 aromatic rings. The van der Waals surface area contributed by atoms with Crippen molar-refractivity contribution in [2.45, 2.75) is 62.6 Å². The average molecular weight is 754 g/mol. The van der Waals surface area contributed by atoms with Gasteiger partial charge in [0.05, 0.1) is 45.2 Å². The number of benzene rings is 3. The highest BCUT2D eigenvalue weighted by molar-refractivity contribution is 7.92. The third-order valence-corrected chi connectivity index (χ3v) is 11.4. The average Bonchev–Trinajstić information content (AvgIpc) is 3.66. The normalized spacial score (nSPS) is 19.9.